The third kappa shape index (κ3) is 5.29. The molecule has 0 atom stereocenters. The number of rotatable bonds is 8. The fourth-order valence-corrected chi connectivity index (χ4v) is 6.13. The van der Waals surface area contributed by atoms with Crippen LogP contribution in [0.3, 0.4) is 0 Å². The Morgan fingerprint density at radius 3 is 2.50 bits per heavy atom. The summed E-state index contributed by atoms with van der Waals surface area (Å²) in [7, 11) is 0. The topological polar surface area (TPSA) is 90.4 Å². The van der Waals surface area contributed by atoms with Crippen molar-refractivity contribution in [2.24, 2.45) is 0 Å². The molecule has 6 rings (SSSR count). The summed E-state index contributed by atoms with van der Waals surface area (Å²) in [5.74, 6) is -0.258. The summed E-state index contributed by atoms with van der Waals surface area (Å²) in [4.78, 5) is 35.1. The van der Waals surface area contributed by atoms with Crippen LogP contribution in [0, 0.1) is 0 Å². The molecule has 0 aliphatic rings. The summed E-state index contributed by atoms with van der Waals surface area (Å²) in [6.07, 6.45) is 0. The second-order valence-electron chi connectivity index (χ2n) is 8.82. The number of esters is 1. The van der Waals surface area contributed by atoms with E-state index in [-0.39, 0.29) is 0 Å². The Balaban J connectivity index is 1.16. The zero-order chi connectivity index (χ0) is 27.5. The van der Waals surface area contributed by atoms with Crippen molar-refractivity contribution in [1.29, 1.82) is 0 Å². The van der Waals surface area contributed by atoms with Crippen molar-refractivity contribution in [1.82, 2.24) is 9.97 Å². The van der Waals surface area contributed by atoms with Crippen molar-refractivity contribution in [3.8, 4) is 27.6 Å². The molecule has 9 heteroatoms. The highest BCUT2D eigenvalue weighted by atomic mass is 32.1. The lowest BCUT2D eigenvalue weighted by Crippen LogP contribution is -2.21. The van der Waals surface area contributed by atoms with Crippen LogP contribution in [0.15, 0.2) is 90.3 Å². The molecule has 0 aliphatic heterocycles. The summed E-state index contributed by atoms with van der Waals surface area (Å²) < 4.78 is 12.0. The molecule has 40 heavy (non-hydrogen) atoms. The first-order valence-electron chi connectivity index (χ1n) is 12.6. The molecule has 2 aromatic heterocycles. The number of nitrogens with one attached hydrogen (secondary N) is 1. The minimum Gasteiger partial charge on any atom is -0.494 e. The Hall–Kier alpha value is -4.60. The van der Waals surface area contributed by atoms with Gasteiger partial charge in [-0.1, -0.05) is 42.5 Å². The van der Waals surface area contributed by atoms with E-state index in [1.54, 1.807) is 23.5 Å². The molecule has 198 valence electrons. The number of anilines is 1. The Kier molecular flexibility index (Phi) is 7.22. The van der Waals surface area contributed by atoms with Crippen LogP contribution < -0.4 is 10.1 Å². The molecule has 0 radical (unpaired) electrons. The van der Waals surface area contributed by atoms with Crippen molar-refractivity contribution < 1.29 is 19.1 Å². The van der Waals surface area contributed by atoms with E-state index in [0.717, 1.165) is 48.6 Å². The van der Waals surface area contributed by atoms with Gasteiger partial charge in [0.1, 0.15) is 10.8 Å². The van der Waals surface area contributed by atoms with Crippen molar-refractivity contribution in [2.75, 3.05) is 18.5 Å². The summed E-state index contributed by atoms with van der Waals surface area (Å²) in [5.41, 5.74) is 3.78. The van der Waals surface area contributed by atoms with Crippen LogP contribution in [-0.2, 0) is 9.53 Å². The molecule has 0 aliphatic carbocycles. The number of hydrogen-bond donors (Lipinski definition) is 1. The van der Waals surface area contributed by atoms with Crippen LogP contribution in [0.2, 0.25) is 0 Å². The van der Waals surface area contributed by atoms with Gasteiger partial charge >= 0.3 is 5.97 Å². The van der Waals surface area contributed by atoms with Crippen molar-refractivity contribution in [3.63, 3.8) is 0 Å². The highest BCUT2D eigenvalue weighted by Gasteiger charge is 2.19. The molecule has 0 saturated carbocycles. The largest absolute Gasteiger partial charge is 0.494 e. The normalized spacial score (nSPS) is 11.0. The van der Waals surface area contributed by atoms with E-state index >= 15 is 0 Å². The predicted octanol–water partition coefficient (Wildman–Crippen LogP) is 7.43. The minimum absolute atomic E-state index is 0.382. The van der Waals surface area contributed by atoms with Crippen LogP contribution in [0.1, 0.15) is 17.3 Å². The fraction of sp³-hybridized carbons (Fsp3) is 0.0968. The van der Waals surface area contributed by atoms with Crippen LogP contribution in [0.5, 0.6) is 5.75 Å². The SMILES string of the molecule is CCOc1ccc(-c2csc(NC(=O)COC(=O)c3cccc4cccc(-c5nc6ccccc6s5)c34)n2)cc1. The highest BCUT2D eigenvalue weighted by Crippen LogP contribution is 2.36. The number of amides is 1. The van der Waals surface area contributed by atoms with E-state index in [1.165, 1.54) is 11.3 Å². The lowest BCUT2D eigenvalue weighted by molar-refractivity contribution is -0.119. The molecule has 6 aromatic rings. The average Bonchev–Trinajstić information content (AvgIpc) is 3.63. The number of fused-ring (bicyclic) bond motifs is 2. The fourth-order valence-electron chi connectivity index (χ4n) is 4.39. The number of nitrogens with zero attached hydrogens (tertiary/aromatic N) is 2. The third-order valence-electron chi connectivity index (χ3n) is 6.19. The smallest absolute Gasteiger partial charge is 0.339 e. The number of thiazole rings is 2. The van der Waals surface area contributed by atoms with Crippen LogP contribution in [0.4, 0.5) is 5.13 Å². The van der Waals surface area contributed by atoms with Gasteiger partial charge in [0.15, 0.2) is 11.7 Å². The number of benzene rings is 4. The maximum absolute atomic E-state index is 13.2. The number of ether oxygens (including phenoxy) is 2. The van der Waals surface area contributed by atoms with E-state index in [0.29, 0.717) is 17.3 Å². The first-order chi connectivity index (χ1) is 19.6. The number of carbonyl (C=O) groups excluding carboxylic acids is 2. The third-order valence-corrected chi connectivity index (χ3v) is 8.02. The Labute approximate surface area is 238 Å². The Bertz CT molecular complexity index is 1800. The second-order valence-corrected chi connectivity index (χ2v) is 10.7. The zero-order valence-electron chi connectivity index (χ0n) is 21.4. The molecule has 1 N–H and O–H groups in total. The van der Waals surface area contributed by atoms with Crippen LogP contribution in [0.25, 0.3) is 42.8 Å². The van der Waals surface area contributed by atoms with Gasteiger partial charge in [-0.2, -0.15) is 0 Å². The average molecular weight is 566 g/mol. The standard InChI is InChI=1S/C31H23N3O4S2/c1-2-37-21-15-13-19(14-16-21)25-18-39-31(33-25)34-27(35)17-38-30(36)23-10-6-8-20-7-5-9-22(28(20)23)29-32-24-11-3-4-12-26(24)40-29/h3-16,18H,2,17H2,1H3,(H,33,34,35). The van der Waals surface area contributed by atoms with E-state index in [1.807, 2.05) is 85.1 Å². The zero-order valence-corrected chi connectivity index (χ0v) is 23.1. The second kappa shape index (κ2) is 11.3. The Morgan fingerprint density at radius 1 is 0.900 bits per heavy atom. The predicted molar refractivity (Wildman–Crippen MR) is 160 cm³/mol. The minimum atomic E-state index is -0.580. The van der Waals surface area contributed by atoms with E-state index in [4.69, 9.17) is 14.5 Å². The molecule has 0 saturated heterocycles. The highest BCUT2D eigenvalue weighted by molar-refractivity contribution is 7.21. The molecule has 4 aromatic carbocycles. The summed E-state index contributed by atoms with van der Waals surface area (Å²) >= 11 is 2.87. The van der Waals surface area contributed by atoms with Gasteiger partial charge in [-0.25, -0.2) is 14.8 Å². The first kappa shape index (κ1) is 25.7. The number of carbonyl (C=O) groups is 2. The maximum atomic E-state index is 13.2. The van der Waals surface area contributed by atoms with Gasteiger partial charge in [-0.15, -0.1) is 22.7 Å². The van der Waals surface area contributed by atoms with Gasteiger partial charge in [-0.05, 0) is 54.8 Å². The molecular weight excluding hydrogens is 542 g/mol. The number of hydrogen-bond acceptors (Lipinski definition) is 8. The molecule has 0 unspecified atom stereocenters. The molecule has 0 spiro atoms. The number of para-hydroxylation sites is 1. The van der Waals surface area contributed by atoms with Crippen molar-refractivity contribution in [2.45, 2.75) is 6.92 Å². The van der Waals surface area contributed by atoms with Gasteiger partial charge in [0.2, 0.25) is 0 Å². The van der Waals surface area contributed by atoms with Crippen LogP contribution in [-0.4, -0.2) is 35.1 Å². The van der Waals surface area contributed by atoms with Gasteiger partial charge in [0.05, 0.1) is 28.1 Å². The Morgan fingerprint density at radius 2 is 1.70 bits per heavy atom. The van der Waals surface area contributed by atoms with E-state index in [2.05, 4.69) is 10.3 Å². The number of aromatic nitrogens is 2. The lowest BCUT2D eigenvalue weighted by atomic mass is 9.99. The van der Waals surface area contributed by atoms with Crippen molar-refractivity contribution >= 4 is 60.7 Å². The first-order valence-corrected chi connectivity index (χ1v) is 14.3. The molecule has 2 heterocycles. The van der Waals surface area contributed by atoms with Gasteiger partial charge in [-0.3, -0.25) is 10.1 Å². The molecule has 0 fully saturated rings. The van der Waals surface area contributed by atoms with E-state index in [9.17, 15) is 9.59 Å². The lowest BCUT2D eigenvalue weighted by Gasteiger charge is -2.10. The quantitative estimate of drug-likeness (QED) is 0.193. The monoisotopic (exact) mass is 565 g/mol. The summed E-state index contributed by atoms with van der Waals surface area (Å²) in [6, 6.07) is 26.8. The summed E-state index contributed by atoms with van der Waals surface area (Å²) in [6.45, 7) is 2.10. The molecule has 0 bridgehead atoms. The van der Waals surface area contributed by atoms with Gasteiger partial charge in [0.25, 0.3) is 5.91 Å². The van der Waals surface area contributed by atoms with Gasteiger partial charge < -0.3 is 9.47 Å². The maximum Gasteiger partial charge on any atom is 0.339 e. The molecule has 7 nitrogen and oxygen atoms in total. The van der Waals surface area contributed by atoms with Gasteiger partial charge in [0, 0.05) is 21.9 Å². The molecular formula is C31H23N3O4S2. The van der Waals surface area contributed by atoms with Crippen LogP contribution >= 0.6 is 22.7 Å². The van der Waals surface area contributed by atoms with E-state index < -0.39 is 18.5 Å². The summed E-state index contributed by atoms with van der Waals surface area (Å²) in [5, 5.41) is 7.45. The molecule has 1 amide bonds. The van der Waals surface area contributed by atoms with Crippen molar-refractivity contribution in [3.05, 3.63) is 95.9 Å².